The zero-order valence-corrected chi connectivity index (χ0v) is 12.0. The fourth-order valence-corrected chi connectivity index (χ4v) is 1.85. The van der Waals surface area contributed by atoms with Crippen LogP contribution in [0.4, 0.5) is 10.1 Å². The van der Waals surface area contributed by atoms with Gasteiger partial charge in [-0.1, -0.05) is 23.7 Å². The van der Waals surface area contributed by atoms with Gasteiger partial charge in [0, 0.05) is 5.69 Å². The first-order valence-corrected chi connectivity index (χ1v) is 6.70. The Bertz CT molecular complexity index is 647. The lowest BCUT2D eigenvalue weighted by Crippen LogP contribution is -2.19. The highest BCUT2D eigenvalue weighted by atomic mass is 35.5. The fourth-order valence-electron chi connectivity index (χ4n) is 1.67. The Balaban J connectivity index is 1.98. The van der Waals surface area contributed by atoms with Crippen LogP contribution in [-0.2, 0) is 11.3 Å². The maximum absolute atomic E-state index is 13.0. The van der Waals surface area contributed by atoms with Crippen LogP contribution in [-0.4, -0.2) is 26.0 Å². The van der Waals surface area contributed by atoms with E-state index < -0.39 is 11.9 Å². The van der Waals surface area contributed by atoms with Gasteiger partial charge in [-0.2, -0.15) is 0 Å². The van der Waals surface area contributed by atoms with Gasteiger partial charge < -0.3 is 10.4 Å². The molecule has 6 nitrogen and oxygen atoms in total. The summed E-state index contributed by atoms with van der Waals surface area (Å²) in [6, 6.07) is 3.90. The average molecular weight is 313 g/mol. The van der Waals surface area contributed by atoms with Crippen LogP contribution in [0.2, 0.25) is 5.02 Å². The molecule has 1 amide bonds. The Hall–Kier alpha value is -1.99. The van der Waals surface area contributed by atoms with Crippen LogP contribution in [0.15, 0.2) is 24.4 Å². The highest BCUT2D eigenvalue weighted by molar-refractivity contribution is 6.31. The second kappa shape index (κ2) is 6.64. The van der Waals surface area contributed by atoms with Gasteiger partial charge in [0.1, 0.15) is 18.1 Å². The first-order chi connectivity index (χ1) is 9.99. The van der Waals surface area contributed by atoms with Gasteiger partial charge >= 0.3 is 0 Å². The molecule has 2 N–H and O–H groups in total. The van der Waals surface area contributed by atoms with Crippen LogP contribution in [0.1, 0.15) is 25.1 Å². The lowest BCUT2D eigenvalue weighted by molar-refractivity contribution is -0.116. The number of anilines is 1. The van der Waals surface area contributed by atoms with E-state index >= 15 is 0 Å². The number of rotatable bonds is 5. The third kappa shape index (κ3) is 3.99. The highest BCUT2D eigenvalue weighted by Crippen LogP contribution is 2.19. The van der Waals surface area contributed by atoms with Gasteiger partial charge in [-0.25, -0.2) is 9.07 Å². The molecule has 1 aromatic heterocycles. The standard InChI is InChI=1S/C13H14ClFN4O2/c1-2-12(20)11-6-19(18-17-11)7-13(21)16-8-3-4-10(15)9(14)5-8/h3-6,12,20H,2,7H2,1H3,(H,16,21). The molecule has 0 saturated carbocycles. The number of nitrogens with one attached hydrogen (secondary N) is 1. The van der Waals surface area contributed by atoms with Crippen molar-refractivity contribution in [1.29, 1.82) is 0 Å². The van der Waals surface area contributed by atoms with Crippen molar-refractivity contribution in [2.24, 2.45) is 0 Å². The molecule has 1 unspecified atom stereocenters. The Morgan fingerprint density at radius 1 is 1.57 bits per heavy atom. The minimum atomic E-state index is -0.697. The number of aliphatic hydroxyl groups is 1. The quantitative estimate of drug-likeness (QED) is 0.886. The van der Waals surface area contributed by atoms with Crippen molar-refractivity contribution in [3.63, 3.8) is 0 Å². The Kier molecular flexibility index (Phi) is 4.87. The summed E-state index contributed by atoms with van der Waals surface area (Å²) in [4.78, 5) is 11.8. The summed E-state index contributed by atoms with van der Waals surface area (Å²) in [5.41, 5.74) is 0.801. The molecule has 21 heavy (non-hydrogen) atoms. The van der Waals surface area contributed by atoms with Crippen molar-refractivity contribution >= 4 is 23.2 Å². The lowest BCUT2D eigenvalue weighted by atomic mass is 10.2. The predicted molar refractivity (Wildman–Crippen MR) is 75.3 cm³/mol. The number of hydrogen-bond acceptors (Lipinski definition) is 4. The Morgan fingerprint density at radius 2 is 2.33 bits per heavy atom. The number of benzene rings is 1. The summed E-state index contributed by atoms with van der Waals surface area (Å²) in [5.74, 6) is -0.913. The molecule has 1 atom stereocenters. The Labute approximate surface area is 125 Å². The largest absolute Gasteiger partial charge is 0.387 e. The molecule has 0 fully saturated rings. The van der Waals surface area contributed by atoms with Crippen molar-refractivity contribution in [2.75, 3.05) is 5.32 Å². The first-order valence-electron chi connectivity index (χ1n) is 6.32. The molecule has 1 heterocycles. The second-order valence-electron chi connectivity index (χ2n) is 4.44. The van der Waals surface area contributed by atoms with E-state index in [1.807, 2.05) is 6.92 Å². The van der Waals surface area contributed by atoms with Gasteiger partial charge in [-0.15, -0.1) is 5.10 Å². The summed E-state index contributed by atoms with van der Waals surface area (Å²) >= 11 is 5.63. The van der Waals surface area contributed by atoms with Crippen molar-refractivity contribution in [2.45, 2.75) is 26.0 Å². The number of nitrogens with zero attached hydrogens (tertiary/aromatic N) is 3. The number of amides is 1. The zero-order chi connectivity index (χ0) is 15.4. The molecule has 0 radical (unpaired) electrons. The van der Waals surface area contributed by atoms with Gasteiger partial charge in [0.25, 0.3) is 0 Å². The SMILES string of the molecule is CCC(O)c1cn(CC(=O)Nc2ccc(F)c(Cl)c2)nn1. The smallest absolute Gasteiger partial charge is 0.246 e. The molecule has 0 aliphatic carbocycles. The van der Waals surface area contributed by atoms with E-state index in [2.05, 4.69) is 15.6 Å². The van der Waals surface area contributed by atoms with E-state index in [0.717, 1.165) is 0 Å². The van der Waals surface area contributed by atoms with Gasteiger partial charge in [0.2, 0.25) is 5.91 Å². The second-order valence-corrected chi connectivity index (χ2v) is 4.85. The number of aliphatic hydroxyl groups excluding tert-OH is 1. The monoisotopic (exact) mass is 312 g/mol. The van der Waals surface area contributed by atoms with E-state index in [0.29, 0.717) is 17.8 Å². The van der Waals surface area contributed by atoms with E-state index in [-0.39, 0.29) is 17.5 Å². The minimum absolute atomic E-state index is 0.0677. The van der Waals surface area contributed by atoms with Crippen LogP contribution in [0.5, 0.6) is 0 Å². The maximum Gasteiger partial charge on any atom is 0.246 e. The summed E-state index contributed by atoms with van der Waals surface area (Å²) in [5, 5.41) is 19.6. The molecular formula is C13H14ClFN4O2. The van der Waals surface area contributed by atoms with Crippen LogP contribution < -0.4 is 5.32 Å². The fraction of sp³-hybridized carbons (Fsp3) is 0.308. The summed E-state index contributed by atoms with van der Waals surface area (Å²) < 4.78 is 14.3. The third-order valence-electron chi connectivity index (χ3n) is 2.79. The van der Waals surface area contributed by atoms with Crippen molar-refractivity contribution in [1.82, 2.24) is 15.0 Å². The van der Waals surface area contributed by atoms with Gasteiger partial charge in [0.15, 0.2) is 0 Å². The van der Waals surface area contributed by atoms with E-state index in [9.17, 15) is 14.3 Å². The van der Waals surface area contributed by atoms with E-state index in [1.165, 1.54) is 29.1 Å². The van der Waals surface area contributed by atoms with Crippen molar-refractivity contribution in [3.05, 3.63) is 40.9 Å². The molecule has 8 heteroatoms. The van der Waals surface area contributed by atoms with Gasteiger partial charge in [-0.3, -0.25) is 4.79 Å². The third-order valence-corrected chi connectivity index (χ3v) is 3.08. The molecule has 0 aliphatic heterocycles. The molecule has 2 rings (SSSR count). The van der Waals surface area contributed by atoms with Crippen LogP contribution in [0.3, 0.4) is 0 Å². The predicted octanol–water partition coefficient (Wildman–Crippen LogP) is 2.15. The first kappa shape index (κ1) is 15.4. The lowest BCUT2D eigenvalue weighted by Gasteiger charge is -2.05. The van der Waals surface area contributed by atoms with E-state index in [4.69, 9.17) is 11.6 Å². The molecule has 0 bridgehead atoms. The Morgan fingerprint density at radius 3 is 3.00 bits per heavy atom. The summed E-state index contributed by atoms with van der Waals surface area (Å²) in [6.07, 6.45) is 1.32. The molecule has 0 spiro atoms. The average Bonchev–Trinajstić information content (AvgIpc) is 2.90. The molecule has 2 aromatic rings. The highest BCUT2D eigenvalue weighted by Gasteiger charge is 2.12. The number of aromatic nitrogens is 3. The van der Waals surface area contributed by atoms with Gasteiger partial charge in [-0.05, 0) is 24.6 Å². The molecule has 0 saturated heterocycles. The number of carbonyl (C=O) groups is 1. The normalized spacial score (nSPS) is 12.2. The molecule has 112 valence electrons. The summed E-state index contributed by atoms with van der Waals surface area (Å²) in [6.45, 7) is 1.74. The topological polar surface area (TPSA) is 80.0 Å². The van der Waals surface area contributed by atoms with Crippen molar-refractivity contribution < 1.29 is 14.3 Å². The van der Waals surface area contributed by atoms with Crippen LogP contribution >= 0.6 is 11.6 Å². The number of halogens is 2. The summed E-state index contributed by atoms with van der Waals surface area (Å²) in [7, 11) is 0. The molecule has 1 aromatic carbocycles. The molecule has 0 aliphatic rings. The van der Waals surface area contributed by atoms with E-state index in [1.54, 1.807) is 0 Å². The van der Waals surface area contributed by atoms with Crippen LogP contribution in [0.25, 0.3) is 0 Å². The molecular weight excluding hydrogens is 299 g/mol. The zero-order valence-electron chi connectivity index (χ0n) is 11.3. The maximum atomic E-state index is 13.0. The van der Waals surface area contributed by atoms with Crippen LogP contribution in [0, 0.1) is 5.82 Å². The number of carbonyl (C=O) groups excluding carboxylic acids is 1. The van der Waals surface area contributed by atoms with Gasteiger partial charge in [0.05, 0.1) is 17.3 Å². The van der Waals surface area contributed by atoms with Crippen molar-refractivity contribution in [3.8, 4) is 0 Å². The number of hydrogen-bond donors (Lipinski definition) is 2. The minimum Gasteiger partial charge on any atom is -0.387 e.